The van der Waals surface area contributed by atoms with Gasteiger partial charge in [-0.25, -0.2) is 13.2 Å². The summed E-state index contributed by atoms with van der Waals surface area (Å²) >= 11 is 0. The van der Waals surface area contributed by atoms with Crippen molar-refractivity contribution in [1.29, 1.82) is 0 Å². The molecule has 1 unspecified atom stereocenters. The van der Waals surface area contributed by atoms with E-state index in [4.69, 9.17) is 4.74 Å². The van der Waals surface area contributed by atoms with Gasteiger partial charge in [-0.2, -0.15) is 0 Å². The first-order valence-corrected chi connectivity index (χ1v) is 9.39. The Kier molecular flexibility index (Phi) is 6.06. The van der Waals surface area contributed by atoms with Crippen LogP contribution in [0.2, 0.25) is 0 Å². The van der Waals surface area contributed by atoms with Crippen molar-refractivity contribution in [3.05, 3.63) is 48.5 Å². The number of aliphatic carboxylic acids is 1. The standard InChI is InChI=1S/C18H20N2O6S/c1-12(18(22)23)20(15-6-8-16(26-3)9-7-15)27(24,25)17-10-4-14(5-11-17)19-13(2)21/h4-12H,1-3H3,(H,19,21)(H,22,23). The normalized spacial score (nSPS) is 12.1. The Morgan fingerprint density at radius 3 is 2.07 bits per heavy atom. The second kappa shape index (κ2) is 8.09. The van der Waals surface area contributed by atoms with E-state index in [-0.39, 0.29) is 16.5 Å². The highest BCUT2D eigenvalue weighted by molar-refractivity contribution is 7.92. The molecular weight excluding hydrogens is 372 g/mol. The Hall–Kier alpha value is -3.07. The Balaban J connectivity index is 2.49. The molecule has 0 aliphatic heterocycles. The van der Waals surface area contributed by atoms with Crippen molar-refractivity contribution in [1.82, 2.24) is 0 Å². The predicted molar refractivity (Wildman–Crippen MR) is 101 cm³/mol. The maximum absolute atomic E-state index is 13.1. The van der Waals surface area contributed by atoms with E-state index in [0.717, 1.165) is 4.31 Å². The Morgan fingerprint density at radius 2 is 1.63 bits per heavy atom. The number of sulfonamides is 1. The maximum atomic E-state index is 13.1. The van der Waals surface area contributed by atoms with Gasteiger partial charge in [-0.3, -0.25) is 9.10 Å². The Labute approximate surface area is 157 Å². The van der Waals surface area contributed by atoms with Gasteiger partial charge >= 0.3 is 5.97 Å². The lowest BCUT2D eigenvalue weighted by Crippen LogP contribution is -2.43. The van der Waals surface area contributed by atoms with Gasteiger partial charge in [0.1, 0.15) is 11.8 Å². The molecule has 144 valence electrons. The maximum Gasteiger partial charge on any atom is 0.327 e. The number of carboxylic acid groups (broad SMARTS) is 1. The molecule has 0 aromatic heterocycles. The molecule has 0 saturated heterocycles. The van der Waals surface area contributed by atoms with Crippen molar-refractivity contribution in [3.63, 3.8) is 0 Å². The summed E-state index contributed by atoms with van der Waals surface area (Å²) in [5.74, 6) is -1.06. The van der Waals surface area contributed by atoms with Gasteiger partial charge < -0.3 is 15.2 Å². The number of nitrogens with zero attached hydrogens (tertiary/aromatic N) is 1. The van der Waals surface area contributed by atoms with E-state index in [1.807, 2.05) is 0 Å². The minimum Gasteiger partial charge on any atom is -0.497 e. The van der Waals surface area contributed by atoms with Gasteiger partial charge in [0.25, 0.3) is 10.0 Å². The van der Waals surface area contributed by atoms with E-state index >= 15 is 0 Å². The van der Waals surface area contributed by atoms with Crippen LogP contribution in [0.15, 0.2) is 53.4 Å². The molecule has 0 aliphatic rings. The zero-order valence-electron chi connectivity index (χ0n) is 15.0. The fourth-order valence-electron chi connectivity index (χ4n) is 2.43. The Bertz CT molecular complexity index is 923. The fourth-order valence-corrected chi connectivity index (χ4v) is 4.04. The molecular formula is C18H20N2O6S. The van der Waals surface area contributed by atoms with Crippen LogP contribution in [0.3, 0.4) is 0 Å². The summed E-state index contributed by atoms with van der Waals surface area (Å²) in [6.45, 7) is 2.63. The summed E-state index contributed by atoms with van der Waals surface area (Å²) in [4.78, 5) is 22.5. The first-order chi connectivity index (χ1) is 12.7. The van der Waals surface area contributed by atoms with Gasteiger partial charge in [0, 0.05) is 12.6 Å². The highest BCUT2D eigenvalue weighted by Crippen LogP contribution is 2.28. The third-order valence-corrected chi connectivity index (χ3v) is 5.68. The number of anilines is 2. The van der Waals surface area contributed by atoms with E-state index in [9.17, 15) is 23.1 Å². The van der Waals surface area contributed by atoms with Crippen LogP contribution < -0.4 is 14.4 Å². The van der Waals surface area contributed by atoms with Crippen molar-refractivity contribution in [2.75, 3.05) is 16.7 Å². The molecule has 0 heterocycles. The molecule has 0 saturated carbocycles. The van der Waals surface area contributed by atoms with Crippen molar-refractivity contribution < 1.29 is 27.9 Å². The molecule has 2 aromatic rings. The quantitative estimate of drug-likeness (QED) is 0.748. The SMILES string of the molecule is COc1ccc(N(C(C)C(=O)O)S(=O)(=O)c2ccc(NC(C)=O)cc2)cc1. The van der Waals surface area contributed by atoms with Crippen LogP contribution in [0.1, 0.15) is 13.8 Å². The Morgan fingerprint density at radius 1 is 1.07 bits per heavy atom. The van der Waals surface area contributed by atoms with Crippen molar-refractivity contribution in [2.45, 2.75) is 24.8 Å². The largest absolute Gasteiger partial charge is 0.497 e. The van der Waals surface area contributed by atoms with E-state index < -0.39 is 22.0 Å². The zero-order chi connectivity index (χ0) is 20.2. The van der Waals surface area contributed by atoms with Crippen LogP contribution in [0.4, 0.5) is 11.4 Å². The molecule has 0 fully saturated rings. The minimum absolute atomic E-state index is 0.0967. The van der Waals surface area contributed by atoms with Gasteiger partial charge in [0.2, 0.25) is 5.91 Å². The smallest absolute Gasteiger partial charge is 0.327 e. The van der Waals surface area contributed by atoms with Gasteiger partial charge in [0.15, 0.2) is 0 Å². The minimum atomic E-state index is -4.16. The zero-order valence-corrected chi connectivity index (χ0v) is 15.9. The number of methoxy groups -OCH3 is 1. The van der Waals surface area contributed by atoms with Crippen molar-refractivity contribution in [2.24, 2.45) is 0 Å². The van der Waals surface area contributed by atoms with Crippen LogP contribution in [0.25, 0.3) is 0 Å². The molecule has 1 amide bonds. The average molecular weight is 392 g/mol. The van der Waals surface area contributed by atoms with Gasteiger partial charge in [-0.15, -0.1) is 0 Å². The van der Waals surface area contributed by atoms with E-state index in [1.54, 1.807) is 12.1 Å². The molecule has 2 rings (SSSR count). The van der Waals surface area contributed by atoms with E-state index in [1.165, 1.54) is 57.4 Å². The molecule has 27 heavy (non-hydrogen) atoms. The number of nitrogens with one attached hydrogen (secondary N) is 1. The number of carbonyl (C=O) groups excluding carboxylic acids is 1. The number of hydrogen-bond acceptors (Lipinski definition) is 5. The molecule has 0 bridgehead atoms. The number of benzene rings is 2. The second-order valence-corrected chi connectivity index (χ2v) is 7.53. The van der Waals surface area contributed by atoms with Crippen molar-refractivity contribution >= 4 is 33.3 Å². The van der Waals surface area contributed by atoms with Crippen LogP contribution in [0.5, 0.6) is 5.75 Å². The van der Waals surface area contributed by atoms with E-state index in [0.29, 0.717) is 11.4 Å². The summed E-state index contributed by atoms with van der Waals surface area (Å²) < 4.78 is 32.1. The average Bonchev–Trinajstić information content (AvgIpc) is 2.62. The molecule has 0 aliphatic carbocycles. The van der Waals surface area contributed by atoms with E-state index in [2.05, 4.69) is 5.32 Å². The van der Waals surface area contributed by atoms with Gasteiger partial charge in [-0.1, -0.05) is 0 Å². The van der Waals surface area contributed by atoms with Crippen molar-refractivity contribution in [3.8, 4) is 5.75 Å². The summed E-state index contributed by atoms with van der Waals surface area (Å²) in [7, 11) is -2.69. The van der Waals surface area contributed by atoms with Gasteiger partial charge in [-0.05, 0) is 55.5 Å². The molecule has 0 spiro atoms. The topological polar surface area (TPSA) is 113 Å². The predicted octanol–water partition coefficient (Wildman–Crippen LogP) is 2.32. The highest BCUT2D eigenvalue weighted by atomic mass is 32.2. The second-order valence-electron chi connectivity index (χ2n) is 5.72. The monoisotopic (exact) mass is 392 g/mol. The van der Waals surface area contributed by atoms with Crippen LogP contribution in [0, 0.1) is 0 Å². The highest BCUT2D eigenvalue weighted by Gasteiger charge is 2.33. The molecule has 0 radical (unpaired) electrons. The molecule has 9 heteroatoms. The number of carbonyl (C=O) groups is 2. The van der Waals surface area contributed by atoms with Crippen LogP contribution in [-0.2, 0) is 19.6 Å². The molecule has 8 nitrogen and oxygen atoms in total. The van der Waals surface area contributed by atoms with Gasteiger partial charge in [0.05, 0.1) is 17.7 Å². The summed E-state index contributed by atoms with van der Waals surface area (Å²) in [6, 6.07) is 10.2. The fraction of sp³-hybridized carbons (Fsp3) is 0.222. The summed E-state index contributed by atoms with van der Waals surface area (Å²) in [6.07, 6.45) is 0. The van der Waals surface area contributed by atoms with Crippen LogP contribution >= 0.6 is 0 Å². The first kappa shape index (κ1) is 20.2. The summed E-state index contributed by atoms with van der Waals surface area (Å²) in [5.41, 5.74) is 0.625. The number of rotatable bonds is 7. The first-order valence-electron chi connectivity index (χ1n) is 7.95. The number of carboxylic acids is 1. The third kappa shape index (κ3) is 4.56. The number of amides is 1. The summed E-state index contributed by atoms with van der Waals surface area (Å²) in [5, 5.41) is 11.9. The molecule has 1 atom stereocenters. The lowest BCUT2D eigenvalue weighted by atomic mass is 10.2. The lowest BCUT2D eigenvalue weighted by molar-refractivity contribution is -0.137. The lowest BCUT2D eigenvalue weighted by Gasteiger charge is -2.28. The molecule has 2 aromatic carbocycles. The number of ether oxygens (including phenoxy) is 1. The molecule has 2 N–H and O–H groups in total. The third-order valence-electron chi connectivity index (χ3n) is 3.77. The van der Waals surface area contributed by atoms with Crippen LogP contribution in [-0.4, -0.2) is 38.6 Å². The number of hydrogen-bond donors (Lipinski definition) is 2.